The Balaban J connectivity index is 1.84. The normalized spacial score (nSPS) is 21.9. The van der Waals surface area contributed by atoms with Crippen LogP contribution < -0.4 is 4.90 Å². The average molecular weight is 298 g/mol. The van der Waals surface area contributed by atoms with Gasteiger partial charge in [0.05, 0.1) is 31.0 Å². The molecule has 6 nitrogen and oxygen atoms in total. The summed E-state index contributed by atoms with van der Waals surface area (Å²) in [7, 11) is 0. The van der Waals surface area contributed by atoms with Gasteiger partial charge >= 0.3 is 0 Å². The van der Waals surface area contributed by atoms with E-state index >= 15 is 0 Å². The third kappa shape index (κ3) is 3.00. The number of aliphatic imine (C=N–C) groups is 1. The first-order valence-corrected chi connectivity index (χ1v) is 7.55. The molecule has 0 aliphatic carbocycles. The SMILES string of the molecule is N#Cc1cc(C2=NCC(N=O)CC2)ccc1N1CCOCC1. The molecule has 3 rings (SSSR count). The van der Waals surface area contributed by atoms with E-state index in [0.29, 0.717) is 25.3 Å². The molecular formula is C16H18N4O2. The Kier molecular flexibility index (Phi) is 4.45. The van der Waals surface area contributed by atoms with Crippen LogP contribution in [0.1, 0.15) is 24.0 Å². The van der Waals surface area contributed by atoms with Crippen LogP contribution in [0, 0.1) is 16.2 Å². The van der Waals surface area contributed by atoms with Crippen LogP contribution in [0.15, 0.2) is 28.4 Å². The fourth-order valence-electron chi connectivity index (χ4n) is 2.90. The Hall–Kier alpha value is -2.26. The summed E-state index contributed by atoms with van der Waals surface area (Å²) < 4.78 is 5.36. The maximum atomic E-state index is 10.5. The van der Waals surface area contributed by atoms with Gasteiger partial charge in [-0.05, 0) is 30.5 Å². The predicted molar refractivity (Wildman–Crippen MR) is 84.4 cm³/mol. The number of benzene rings is 1. The van der Waals surface area contributed by atoms with Gasteiger partial charge < -0.3 is 9.64 Å². The average Bonchev–Trinajstić information content (AvgIpc) is 2.62. The van der Waals surface area contributed by atoms with Crippen LogP contribution in [0.3, 0.4) is 0 Å². The van der Waals surface area contributed by atoms with Gasteiger partial charge in [0.2, 0.25) is 0 Å². The molecule has 1 aromatic carbocycles. The smallest absolute Gasteiger partial charge is 0.112 e. The van der Waals surface area contributed by atoms with E-state index < -0.39 is 0 Å². The lowest BCUT2D eigenvalue weighted by molar-refractivity contribution is 0.122. The second-order valence-electron chi connectivity index (χ2n) is 5.53. The molecule has 0 radical (unpaired) electrons. The van der Waals surface area contributed by atoms with Crippen LogP contribution in [0.2, 0.25) is 0 Å². The molecule has 1 saturated heterocycles. The van der Waals surface area contributed by atoms with Crippen molar-refractivity contribution in [3.8, 4) is 6.07 Å². The van der Waals surface area contributed by atoms with E-state index in [1.165, 1.54) is 0 Å². The Morgan fingerprint density at radius 3 is 2.82 bits per heavy atom. The summed E-state index contributed by atoms with van der Waals surface area (Å²) in [5.74, 6) is 0. The number of rotatable bonds is 3. The maximum absolute atomic E-state index is 10.5. The van der Waals surface area contributed by atoms with Crippen molar-refractivity contribution in [3.63, 3.8) is 0 Å². The molecule has 0 bridgehead atoms. The molecule has 0 amide bonds. The second-order valence-corrected chi connectivity index (χ2v) is 5.53. The lowest BCUT2D eigenvalue weighted by Gasteiger charge is -2.29. The van der Waals surface area contributed by atoms with Crippen molar-refractivity contribution in [1.82, 2.24) is 0 Å². The van der Waals surface area contributed by atoms with Crippen LogP contribution in [0.25, 0.3) is 0 Å². The molecule has 0 spiro atoms. The second kappa shape index (κ2) is 6.67. The van der Waals surface area contributed by atoms with Gasteiger partial charge in [-0.2, -0.15) is 10.2 Å². The van der Waals surface area contributed by atoms with Crippen LogP contribution >= 0.6 is 0 Å². The van der Waals surface area contributed by atoms with Gasteiger partial charge in [0, 0.05) is 18.8 Å². The van der Waals surface area contributed by atoms with Crippen LogP contribution in [-0.2, 0) is 4.74 Å². The summed E-state index contributed by atoms with van der Waals surface area (Å²) in [4.78, 5) is 17.2. The molecule has 22 heavy (non-hydrogen) atoms. The molecule has 2 heterocycles. The van der Waals surface area contributed by atoms with Crippen molar-refractivity contribution in [2.75, 3.05) is 37.7 Å². The van der Waals surface area contributed by atoms with Crippen LogP contribution in [0.4, 0.5) is 5.69 Å². The zero-order valence-electron chi connectivity index (χ0n) is 12.4. The van der Waals surface area contributed by atoms with Crippen molar-refractivity contribution in [3.05, 3.63) is 34.2 Å². The summed E-state index contributed by atoms with van der Waals surface area (Å²) in [6.07, 6.45) is 1.47. The number of nitriles is 1. The van der Waals surface area contributed by atoms with E-state index in [0.717, 1.165) is 42.9 Å². The van der Waals surface area contributed by atoms with Gasteiger partial charge in [-0.3, -0.25) is 4.99 Å². The van der Waals surface area contributed by atoms with E-state index in [1.54, 1.807) is 0 Å². The van der Waals surface area contributed by atoms with Crippen molar-refractivity contribution in [2.45, 2.75) is 18.9 Å². The zero-order valence-corrected chi connectivity index (χ0v) is 12.4. The fourth-order valence-corrected chi connectivity index (χ4v) is 2.90. The number of ether oxygens (including phenoxy) is 1. The largest absolute Gasteiger partial charge is 0.378 e. The molecule has 1 aromatic rings. The highest BCUT2D eigenvalue weighted by Crippen LogP contribution is 2.25. The summed E-state index contributed by atoms with van der Waals surface area (Å²) in [5.41, 5.74) is 3.55. The Morgan fingerprint density at radius 1 is 1.36 bits per heavy atom. The summed E-state index contributed by atoms with van der Waals surface area (Å²) in [6, 6.07) is 7.99. The van der Waals surface area contributed by atoms with Crippen molar-refractivity contribution >= 4 is 11.4 Å². The topological polar surface area (TPSA) is 78.0 Å². The number of morpholine rings is 1. The lowest BCUT2D eigenvalue weighted by atomic mass is 9.97. The predicted octanol–water partition coefficient (Wildman–Crippen LogP) is 2.11. The molecule has 114 valence electrons. The number of nitroso groups, excluding NO2 is 1. The molecule has 2 aliphatic heterocycles. The molecule has 1 unspecified atom stereocenters. The fraction of sp³-hybridized carbons (Fsp3) is 0.500. The molecule has 0 saturated carbocycles. The van der Waals surface area contributed by atoms with Crippen molar-refractivity contribution < 1.29 is 4.74 Å². The molecule has 6 heteroatoms. The first-order valence-electron chi connectivity index (χ1n) is 7.55. The first-order chi connectivity index (χ1) is 10.8. The minimum Gasteiger partial charge on any atom is -0.378 e. The van der Waals surface area contributed by atoms with Gasteiger partial charge in [-0.15, -0.1) is 0 Å². The third-order valence-electron chi connectivity index (χ3n) is 4.16. The Labute approximate surface area is 129 Å². The van der Waals surface area contributed by atoms with Gasteiger partial charge in [0.1, 0.15) is 12.1 Å². The number of hydrogen-bond acceptors (Lipinski definition) is 6. The van der Waals surface area contributed by atoms with Crippen LogP contribution in [0.5, 0.6) is 0 Å². The molecule has 0 N–H and O–H groups in total. The molecule has 1 fully saturated rings. The van der Waals surface area contributed by atoms with E-state index in [-0.39, 0.29) is 6.04 Å². The van der Waals surface area contributed by atoms with Gasteiger partial charge in [-0.1, -0.05) is 11.2 Å². The lowest BCUT2D eigenvalue weighted by Crippen LogP contribution is -2.36. The Bertz CT molecular complexity index is 630. The van der Waals surface area contributed by atoms with Gasteiger partial charge in [-0.25, -0.2) is 0 Å². The summed E-state index contributed by atoms with van der Waals surface area (Å²) in [5, 5.41) is 12.5. The number of anilines is 1. The molecule has 1 atom stereocenters. The standard InChI is InChI=1S/C16H18N4O2/c17-10-13-9-12(15-3-2-14(19-21)11-18-15)1-4-16(13)20-5-7-22-8-6-20/h1,4,9,14H,2-3,5-8,11H2. The van der Waals surface area contributed by atoms with E-state index in [1.807, 2.05) is 18.2 Å². The van der Waals surface area contributed by atoms with E-state index in [4.69, 9.17) is 4.74 Å². The highest BCUT2D eigenvalue weighted by Gasteiger charge is 2.19. The molecule has 2 aliphatic rings. The van der Waals surface area contributed by atoms with Crippen molar-refractivity contribution in [1.29, 1.82) is 5.26 Å². The minimum absolute atomic E-state index is 0.202. The Morgan fingerprint density at radius 2 is 2.18 bits per heavy atom. The quantitative estimate of drug-likeness (QED) is 0.801. The van der Waals surface area contributed by atoms with E-state index in [9.17, 15) is 10.2 Å². The number of hydrogen-bond donors (Lipinski definition) is 0. The summed E-state index contributed by atoms with van der Waals surface area (Å²) >= 11 is 0. The first kappa shape index (κ1) is 14.7. The highest BCUT2D eigenvalue weighted by molar-refractivity contribution is 6.01. The monoisotopic (exact) mass is 298 g/mol. The van der Waals surface area contributed by atoms with Gasteiger partial charge in [0.15, 0.2) is 0 Å². The van der Waals surface area contributed by atoms with E-state index in [2.05, 4.69) is 21.1 Å². The summed E-state index contributed by atoms with van der Waals surface area (Å²) in [6.45, 7) is 3.45. The zero-order chi connectivity index (χ0) is 15.4. The molecular weight excluding hydrogens is 280 g/mol. The van der Waals surface area contributed by atoms with Crippen LogP contribution in [-0.4, -0.2) is 44.6 Å². The third-order valence-corrected chi connectivity index (χ3v) is 4.16. The minimum atomic E-state index is -0.202. The van der Waals surface area contributed by atoms with Crippen molar-refractivity contribution in [2.24, 2.45) is 10.2 Å². The number of nitrogens with zero attached hydrogens (tertiary/aromatic N) is 4. The van der Waals surface area contributed by atoms with Gasteiger partial charge in [0.25, 0.3) is 0 Å². The maximum Gasteiger partial charge on any atom is 0.112 e. The highest BCUT2D eigenvalue weighted by atomic mass is 16.5. The molecule has 0 aromatic heterocycles.